The lowest BCUT2D eigenvalue weighted by Crippen LogP contribution is -2.11. The van der Waals surface area contributed by atoms with Gasteiger partial charge in [0.05, 0.1) is 12.8 Å². The molecule has 9 heteroatoms. The van der Waals surface area contributed by atoms with Crippen molar-refractivity contribution in [1.82, 2.24) is 0 Å². The lowest BCUT2D eigenvalue weighted by atomic mass is 10.1. The molecule has 148 valence electrons. The molecule has 0 unspecified atom stereocenters. The fraction of sp³-hybridized carbons (Fsp3) is 0.158. The van der Waals surface area contributed by atoms with E-state index in [1.165, 1.54) is 50.4 Å². The molecule has 0 aliphatic rings. The number of benzene rings is 2. The Labute approximate surface area is 158 Å². The van der Waals surface area contributed by atoms with Crippen LogP contribution in [-0.4, -0.2) is 25.5 Å². The molecule has 0 saturated heterocycles. The number of hydrogen-bond donors (Lipinski definition) is 2. The van der Waals surface area contributed by atoms with E-state index >= 15 is 0 Å². The summed E-state index contributed by atoms with van der Waals surface area (Å²) in [4.78, 5) is 23.2. The molecule has 2 N–H and O–H groups in total. The topological polar surface area (TPSA) is 76.7 Å². The molecule has 2 amide bonds. The van der Waals surface area contributed by atoms with Gasteiger partial charge >= 0.3 is 6.61 Å². The number of carbonyl (C=O) groups is 2. The van der Waals surface area contributed by atoms with Crippen molar-refractivity contribution in [3.63, 3.8) is 0 Å². The summed E-state index contributed by atoms with van der Waals surface area (Å²) in [6.45, 7) is -1.79. The van der Waals surface area contributed by atoms with Crippen molar-refractivity contribution in [1.29, 1.82) is 0 Å². The van der Waals surface area contributed by atoms with Crippen LogP contribution in [0.3, 0.4) is 0 Å². The number of amides is 2. The molecule has 0 radical (unpaired) electrons. The van der Waals surface area contributed by atoms with Crippen LogP contribution in [0, 0.1) is 5.82 Å². The van der Waals surface area contributed by atoms with E-state index in [9.17, 15) is 22.8 Å². The summed E-state index contributed by atoms with van der Waals surface area (Å²) in [6, 6.07) is 8.08. The molecule has 0 aromatic heterocycles. The van der Waals surface area contributed by atoms with E-state index in [1.807, 2.05) is 0 Å². The van der Waals surface area contributed by atoms with Crippen LogP contribution in [0.5, 0.6) is 11.5 Å². The van der Waals surface area contributed by atoms with Crippen LogP contribution in [0.1, 0.15) is 12.5 Å². The first-order valence-electron chi connectivity index (χ1n) is 7.98. The summed E-state index contributed by atoms with van der Waals surface area (Å²) < 4.78 is 48.5. The Morgan fingerprint density at radius 1 is 1.14 bits per heavy atom. The fourth-order valence-electron chi connectivity index (χ4n) is 2.28. The van der Waals surface area contributed by atoms with Crippen molar-refractivity contribution >= 4 is 29.3 Å². The largest absolute Gasteiger partial charge is 0.493 e. The minimum atomic E-state index is -3.08. The molecular weight excluding hydrogens is 377 g/mol. The SMILES string of the molecule is COc1cccc(/C=C/C(=O)Nc2cc(NC(C)=O)ccc2F)c1OC(F)F. The van der Waals surface area contributed by atoms with Crippen molar-refractivity contribution in [3.8, 4) is 11.5 Å². The minimum absolute atomic E-state index is 0.0666. The quantitative estimate of drug-likeness (QED) is 0.695. The van der Waals surface area contributed by atoms with Gasteiger partial charge in [-0.3, -0.25) is 9.59 Å². The van der Waals surface area contributed by atoms with Gasteiger partial charge in [-0.15, -0.1) is 0 Å². The standard InChI is InChI=1S/C19H17F3N2O4/c1-11(25)23-13-7-8-14(20)15(10-13)24-17(26)9-6-12-4-3-5-16(27-2)18(12)28-19(21)22/h3-10,19H,1-2H3,(H,23,25)(H,24,26)/b9-6+. The van der Waals surface area contributed by atoms with Crippen molar-refractivity contribution in [2.45, 2.75) is 13.5 Å². The van der Waals surface area contributed by atoms with Gasteiger partial charge in [0, 0.05) is 24.3 Å². The molecule has 0 saturated carbocycles. The van der Waals surface area contributed by atoms with Gasteiger partial charge in [0.2, 0.25) is 11.8 Å². The van der Waals surface area contributed by atoms with Crippen molar-refractivity contribution in [3.05, 3.63) is 53.9 Å². The first-order chi connectivity index (χ1) is 13.3. The highest BCUT2D eigenvalue weighted by Gasteiger charge is 2.14. The third kappa shape index (κ3) is 5.76. The molecular formula is C19H17F3N2O4. The molecule has 0 aliphatic carbocycles. The van der Waals surface area contributed by atoms with Crippen LogP contribution >= 0.6 is 0 Å². The Kier molecular flexibility index (Phi) is 7.02. The molecule has 2 aromatic carbocycles. The van der Waals surface area contributed by atoms with Crippen LogP contribution in [0.15, 0.2) is 42.5 Å². The minimum Gasteiger partial charge on any atom is -0.493 e. The normalized spacial score (nSPS) is 10.8. The number of para-hydroxylation sites is 1. The van der Waals surface area contributed by atoms with E-state index < -0.39 is 18.3 Å². The van der Waals surface area contributed by atoms with Gasteiger partial charge < -0.3 is 20.1 Å². The van der Waals surface area contributed by atoms with E-state index in [0.29, 0.717) is 5.69 Å². The van der Waals surface area contributed by atoms with E-state index in [-0.39, 0.29) is 28.7 Å². The zero-order valence-corrected chi connectivity index (χ0v) is 15.0. The van der Waals surface area contributed by atoms with Gasteiger partial charge in [-0.2, -0.15) is 8.78 Å². The predicted molar refractivity (Wildman–Crippen MR) is 98.0 cm³/mol. The van der Waals surface area contributed by atoms with Gasteiger partial charge in [-0.25, -0.2) is 4.39 Å². The molecule has 2 rings (SSSR count). The Hall–Kier alpha value is -3.49. The number of halogens is 3. The highest BCUT2D eigenvalue weighted by atomic mass is 19.3. The van der Waals surface area contributed by atoms with Crippen molar-refractivity contribution < 1.29 is 32.2 Å². The number of nitrogens with one attached hydrogen (secondary N) is 2. The van der Waals surface area contributed by atoms with Gasteiger partial charge in [0.15, 0.2) is 11.5 Å². The number of anilines is 2. The number of ether oxygens (including phenoxy) is 2. The molecule has 0 fully saturated rings. The van der Waals surface area contributed by atoms with Crippen LogP contribution in [-0.2, 0) is 9.59 Å². The molecule has 0 aliphatic heterocycles. The lowest BCUT2D eigenvalue weighted by molar-refractivity contribution is -0.114. The van der Waals surface area contributed by atoms with Gasteiger partial charge in [-0.1, -0.05) is 12.1 Å². The molecule has 0 bridgehead atoms. The Morgan fingerprint density at radius 2 is 1.89 bits per heavy atom. The first-order valence-corrected chi connectivity index (χ1v) is 7.98. The van der Waals surface area contributed by atoms with Crippen LogP contribution < -0.4 is 20.1 Å². The highest BCUT2D eigenvalue weighted by Crippen LogP contribution is 2.33. The summed E-state index contributed by atoms with van der Waals surface area (Å²) in [7, 11) is 1.29. The third-order valence-corrected chi connectivity index (χ3v) is 3.40. The molecule has 0 heterocycles. The predicted octanol–water partition coefficient (Wildman–Crippen LogP) is 4.05. The van der Waals surface area contributed by atoms with E-state index in [0.717, 1.165) is 12.1 Å². The molecule has 0 spiro atoms. The van der Waals surface area contributed by atoms with E-state index in [2.05, 4.69) is 15.4 Å². The first kappa shape index (κ1) is 20.8. The number of alkyl halides is 2. The Morgan fingerprint density at radius 3 is 2.54 bits per heavy atom. The highest BCUT2D eigenvalue weighted by molar-refractivity contribution is 6.02. The number of hydrogen-bond acceptors (Lipinski definition) is 4. The summed E-state index contributed by atoms with van der Waals surface area (Å²) >= 11 is 0. The van der Waals surface area contributed by atoms with Crippen molar-refractivity contribution in [2.75, 3.05) is 17.7 Å². The van der Waals surface area contributed by atoms with Crippen LogP contribution in [0.2, 0.25) is 0 Å². The summed E-state index contributed by atoms with van der Waals surface area (Å²) in [5, 5.41) is 4.78. The molecule has 6 nitrogen and oxygen atoms in total. The van der Waals surface area contributed by atoms with E-state index in [1.54, 1.807) is 0 Å². The third-order valence-electron chi connectivity index (χ3n) is 3.40. The van der Waals surface area contributed by atoms with Crippen molar-refractivity contribution in [2.24, 2.45) is 0 Å². The number of methoxy groups -OCH3 is 1. The maximum absolute atomic E-state index is 13.9. The number of carbonyl (C=O) groups excluding carboxylic acids is 2. The smallest absolute Gasteiger partial charge is 0.387 e. The van der Waals surface area contributed by atoms with Gasteiger partial charge in [-0.05, 0) is 30.3 Å². The van der Waals surface area contributed by atoms with Gasteiger partial charge in [0.1, 0.15) is 5.82 Å². The maximum atomic E-state index is 13.9. The molecule has 0 atom stereocenters. The lowest BCUT2D eigenvalue weighted by Gasteiger charge is -2.12. The van der Waals surface area contributed by atoms with Crippen LogP contribution in [0.25, 0.3) is 6.08 Å². The number of rotatable bonds is 7. The molecule has 2 aromatic rings. The second-order valence-electron chi connectivity index (χ2n) is 5.46. The monoisotopic (exact) mass is 394 g/mol. The zero-order valence-electron chi connectivity index (χ0n) is 15.0. The second-order valence-corrected chi connectivity index (χ2v) is 5.46. The Balaban J connectivity index is 2.20. The fourth-order valence-corrected chi connectivity index (χ4v) is 2.28. The average Bonchev–Trinajstić information content (AvgIpc) is 2.62. The van der Waals surface area contributed by atoms with Gasteiger partial charge in [0.25, 0.3) is 0 Å². The summed E-state index contributed by atoms with van der Waals surface area (Å²) in [5.41, 5.74) is 0.312. The zero-order chi connectivity index (χ0) is 20.7. The summed E-state index contributed by atoms with van der Waals surface area (Å²) in [6.07, 6.45) is 2.25. The Bertz CT molecular complexity index is 901. The summed E-state index contributed by atoms with van der Waals surface area (Å²) in [5.74, 6) is -1.95. The molecule has 28 heavy (non-hydrogen) atoms. The second kappa shape index (κ2) is 9.45. The maximum Gasteiger partial charge on any atom is 0.387 e. The van der Waals surface area contributed by atoms with E-state index in [4.69, 9.17) is 4.74 Å². The van der Waals surface area contributed by atoms with Crippen LogP contribution in [0.4, 0.5) is 24.5 Å². The average molecular weight is 394 g/mol.